The van der Waals surface area contributed by atoms with Crippen LogP contribution < -0.4 is 0 Å². The van der Waals surface area contributed by atoms with Gasteiger partial charge in [0, 0.05) is 28.2 Å². The molecule has 50 heavy (non-hydrogen) atoms. The minimum absolute atomic E-state index is 0.0666. The Hall–Kier alpha value is -3.58. The molecule has 4 aliphatic rings. The number of carbonyl (C=O) groups is 4. The number of hydrogen-bond acceptors (Lipinski definition) is 8. The zero-order chi connectivity index (χ0) is 36.8. The maximum Gasteiger partial charge on any atom is 0.416 e. The molecule has 3 saturated carbocycles. The van der Waals surface area contributed by atoms with Crippen molar-refractivity contribution in [2.75, 3.05) is 0 Å². The van der Waals surface area contributed by atoms with E-state index >= 15 is 8.78 Å². The van der Waals surface area contributed by atoms with Gasteiger partial charge >= 0.3 is 12.1 Å². The van der Waals surface area contributed by atoms with Crippen LogP contribution in [0.4, 0.5) is 22.0 Å². The molecule has 0 spiro atoms. The van der Waals surface area contributed by atoms with Crippen molar-refractivity contribution in [3.63, 3.8) is 0 Å². The van der Waals surface area contributed by atoms with Crippen LogP contribution in [0.15, 0.2) is 70.9 Å². The van der Waals surface area contributed by atoms with Crippen molar-refractivity contribution < 1.29 is 55.4 Å². The van der Waals surface area contributed by atoms with Crippen molar-refractivity contribution in [3.05, 3.63) is 83.3 Å². The van der Waals surface area contributed by atoms with Crippen molar-refractivity contribution in [3.8, 4) is 0 Å². The summed E-state index contributed by atoms with van der Waals surface area (Å²) in [6.45, 7) is 7.52. The van der Waals surface area contributed by atoms with E-state index < -0.39 is 104 Å². The molecule has 0 amide bonds. The average molecular weight is 721 g/mol. The highest BCUT2D eigenvalue weighted by Crippen LogP contribution is 2.72. The van der Waals surface area contributed by atoms with Gasteiger partial charge in [0.15, 0.2) is 22.8 Å². The molecule has 2 aromatic rings. The van der Waals surface area contributed by atoms with E-state index in [9.17, 15) is 37.5 Å². The molecule has 0 bridgehead atoms. The molecule has 13 heteroatoms. The molecule has 9 atom stereocenters. The number of thioether (sulfide) groups is 1. The number of fused-ring (bicyclic) bond motifs is 5. The third-order valence-electron chi connectivity index (χ3n) is 11.8. The van der Waals surface area contributed by atoms with Crippen LogP contribution in [0.1, 0.15) is 80.4 Å². The third kappa shape index (κ3) is 5.08. The summed E-state index contributed by atoms with van der Waals surface area (Å²) >= 11 is 0.530. The van der Waals surface area contributed by atoms with Gasteiger partial charge in [-0.25, -0.2) is 13.6 Å². The van der Waals surface area contributed by atoms with Crippen LogP contribution in [-0.2, 0) is 20.5 Å². The van der Waals surface area contributed by atoms with Gasteiger partial charge in [-0.05, 0) is 87.9 Å². The van der Waals surface area contributed by atoms with E-state index in [-0.39, 0.29) is 23.3 Å². The Kier molecular flexibility index (Phi) is 8.49. The standard InChI is InChI=1S/C37H37F5O7S/c1-19-15-23-24-17-26(38)25-16-22(43)12-13-33(25,4)35(24,39)28(44)18-34(23,5)36(19,49-30(46)27-7-6-14-48-27)31(47)50-32(2,3)29(45)20-8-10-21(11-9-20)37(40,41)42/h6-14,16,19,23-24,26,28,44H,15,17-18H2,1-5H3/t19-,23+,24+,26+,28+,33+,34+,35+,36+/m1/s1. The second-order valence-corrected chi connectivity index (χ2v) is 16.5. The first-order chi connectivity index (χ1) is 23.1. The van der Waals surface area contributed by atoms with E-state index in [2.05, 4.69) is 0 Å². The van der Waals surface area contributed by atoms with Crippen LogP contribution in [0, 0.1) is 28.6 Å². The largest absolute Gasteiger partial charge is 0.457 e. The summed E-state index contributed by atoms with van der Waals surface area (Å²) in [5, 5.41) is 11.1. The Morgan fingerprint density at radius 1 is 1.04 bits per heavy atom. The number of esters is 1. The highest BCUT2D eigenvalue weighted by Gasteiger charge is 2.78. The number of ether oxygens (including phenoxy) is 1. The second-order valence-electron chi connectivity index (χ2n) is 14.9. The van der Waals surface area contributed by atoms with Crippen LogP contribution in [-0.4, -0.2) is 56.1 Å². The topological polar surface area (TPSA) is 111 Å². The predicted molar refractivity (Wildman–Crippen MR) is 172 cm³/mol. The number of ketones is 2. The Bertz CT molecular complexity index is 1800. The van der Waals surface area contributed by atoms with E-state index in [4.69, 9.17) is 9.15 Å². The number of furan rings is 1. The summed E-state index contributed by atoms with van der Waals surface area (Å²) in [5.41, 5.74) is -8.86. The molecule has 0 aliphatic heterocycles. The Morgan fingerprint density at radius 3 is 2.30 bits per heavy atom. The summed E-state index contributed by atoms with van der Waals surface area (Å²) in [6, 6.07) is 6.33. The van der Waals surface area contributed by atoms with Gasteiger partial charge in [0.25, 0.3) is 0 Å². The molecule has 1 N–H and O–H groups in total. The number of aliphatic hydroxyl groups excluding tert-OH is 1. The average Bonchev–Trinajstić information content (AvgIpc) is 3.65. The fraction of sp³-hybridized carbons (Fsp3) is 0.514. The number of allylic oxidation sites excluding steroid dienone is 4. The summed E-state index contributed by atoms with van der Waals surface area (Å²) in [7, 11) is 0. The van der Waals surface area contributed by atoms with Crippen LogP contribution in [0.2, 0.25) is 0 Å². The lowest BCUT2D eigenvalue weighted by molar-refractivity contribution is -0.221. The molecule has 7 nitrogen and oxygen atoms in total. The molecule has 1 aromatic carbocycles. The first-order valence-electron chi connectivity index (χ1n) is 16.3. The molecule has 1 aromatic heterocycles. The number of carbonyl (C=O) groups excluding carboxylic acids is 4. The zero-order valence-corrected chi connectivity index (χ0v) is 28.8. The van der Waals surface area contributed by atoms with Crippen molar-refractivity contribution in [1.82, 2.24) is 0 Å². The van der Waals surface area contributed by atoms with Gasteiger partial charge in [-0.15, -0.1) is 0 Å². The fourth-order valence-corrected chi connectivity index (χ4v) is 10.6. The van der Waals surface area contributed by atoms with Crippen LogP contribution in [0.5, 0.6) is 0 Å². The Labute approximate surface area is 289 Å². The zero-order valence-electron chi connectivity index (χ0n) is 28.0. The van der Waals surface area contributed by atoms with Crippen LogP contribution in [0.3, 0.4) is 0 Å². The lowest BCUT2D eigenvalue weighted by Gasteiger charge is -2.63. The SMILES string of the molecule is C[C@@H]1C[C@H]2[C@@H]3C[C@H](F)C4=CC(=O)C=C[C@]4(C)[C@@]3(F)[C@@H](O)C[C@]2(C)[C@@]1(OC(=O)c1ccco1)C(=O)SC(C)(C)C(=O)c1ccc(C(F)(F)F)cc1. The number of rotatable bonds is 6. The first-order valence-corrected chi connectivity index (χ1v) is 17.1. The number of hydrogen-bond donors (Lipinski definition) is 1. The number of alkyl halides is 5. The predicted octanol–water partition coefficient (Wildman–Crippen LogP) is 7.68. The van der Waals surface area contributed by atoms with E-state index in [1.165, 1.54) is 45.2 Å². The minimum atomic E-state index is -4.63. The summed E-state index contributed by atoms with van der Waals surface area (Å²) in [6.07, 6.45) is -4.13. The molecule has 6 rings (SSSR count). The highest BCUT2D eigenvalue weighted by atomic mass is 32.2. The molecule has 0 radical (unpaired) electrons. The van der Waals surface area contributed by atoms with Gasteiger partial charge < -0.3 is 14.3 Å². The molecule has 1 heterocycles. The van der Waals surface area contributed by atoms with Gasteiger partial charge in [-0.2, -0.15) is 13.2 Å². The maximum atomic E-state index is 17.8. The minimum Gasteiger partial charge on any atom is -0.457 e. The van der Waals surface area contributed by atoms with Crippen molar-refractivity contribution in [2.45, 2.75) is 88.3 Å². The lowest BCUT2D eigenvalue weighted by atomic mass is 9.44. The van der Waals surface area contributed by atoms with Crippen molar-refractivity contribution in [2.24, 2.45) is 28.6 Å². The summed E-state index contributed by atoms with van der Waals surface area (Å²) in [5.74, 6) is -5.27. The number of Topliss-reactive ketones (excluding diaryl/α,β-unsaturated/α-hetero) is 1. The lowest BCUT2D eigenvalue weighted by Crippen LogP contribution is -2.70. The van der Waals surface area contributed by atoms with Crippen LogP contribution in [0.25, 0.3) is 0 Å². The Balaban J connectivity index is 1.42. The molecular weight excluding hydrogens is 683 g/mol. The van der Waals surface area contributed by atoms with Crippen LogP contribution >= 0.6 is 11.8 Å². The first kappa shape index (κ1) is 36.2. The van der Waals surface area contributed by atoms with E-state index in [1.54, 1.807) is 13.8 Å². The normalized spacial score (nSPS) is 36.6. The highest BCUT2D eigenvalue weighted by molar-refractivity contribution is 8.15. The van der Waals surface area contributed by atoms with Gasteiger partial charge in [0.2, 0.25) is 10.9 Å². The second kappa shape index (κ2) is 11.7. The van der Waals surface area contributed by atoms with E-state index in [1.807, 2.05) is 0 Å². The van der Waals surface area contributed by atoms with Crippen molar-refractivity contribution >= 4 is 34.4 Å². The van der Waals surface area contributed by atoms with Gasteiger partial charge in [0.1, 0.15) is 6.17 Å². The van der Waals surface area contributed by atoms with E-state index in [0.717, 1.165) is 36.4 Å². The number of benzene rings is 1. The quantitative estimate of drug-likeness (QED) is 0.184. The summed E-state index contributed by atoms with van der Waals surface area (Å²) < 4.78 is 83.2. The third-order valence-corrected chi connectivity index (χ3v) is 13.0. The number of halogens is 5. The maximum absolute atomic E-state index is 17.8. The molecule has 0 saturated heterocycles. The fourth-order valence-electron chi connectivity index (χ4n) is 9.32. The van der Waals surface area contributed by atoms with Gasteiger partial charge in [0.05, 0.1) is 22.7 Å². The number of aliphatic hydroxyl groups is 1. The summed E-state index contributed by atoms with van der Waals surface area (Å²) in [4.78, 5) is 54.4. The molecule has 4 aliphatic carbocycles. The smallest absolute Gasteiger partial charge is 0.416 e. The van der Waals surface area contributed by atoms with Gasteiger partial charge in [-0.1, -0.05) is 43.8 Å². The molecule has 0 unspecified atom stereocenters. The molecule has 3 fully saturated rings. The monoisotopic (exact) mass is 720 g/mol. The van der Waals surface area contributed by atoms with Crippen molar-refractivity contribution in [1.29, 1.82) is 0 Å². The van der Waals surface area contributed by atoms with Gasteiger partial charge in [-0.3, -0.25) is 14.4 Å². The van der Waals surface area contributed by atoms with E-state index in [0.29, 0.717) is 11.8 Å². The molecular formula is C37H37F5O7S. The Morgan fingerprint density at radius 2 is 1.70 bits per heavy atom. The molecule has 268 valence electrons.